The van der Waals surface area contributed by atoms with E-state index in [4.69, 9.17) is 16.3 Å². The Balaban J connectivity index is 1.42. The zero-order chi connectivity index (χ0) is 20.8. The van der Waals surface area contributed by atoms with Gasteiger partial charge in [-0.2, -0.15) is 0 Å². The number of ether oxygens (including phenoxy) is 1. The maximum absolute atomic E-state index is 12.6. The number of nitrogens with zero attached hydrogens (tertiary/aromatic N) is 1. The van der Waals surface area contributed by atoms with E-state index in [2.05, 4.69) is 11.4 Å². The fourth-order valence-electron chi connectivity index (χ4n) is 3.23. The number of hydrogen-bond acceptors (Lipinski definition) is 4. The van der Waals surface area contributed by atoms with Crippen LogP contribution in [-0.2, 0) is 27.3 Å². The standard InChI is InChI=1S/C22H23ClN2O4/c1-15(22(28)25-13-11-16-4-2-3-5-18(16)14-25)29-20(26)10-12-24-21(27)17-6-8-19(23)9-7-17/h2-9,15H,10-14H2,1H3,(H,24,27)/t15-/m1/s1. The number of amides is 2. The van der Waals surface area contributed by atoms with Gasteiger partial charge in [-0.15, -0.1) is 0 Å². The summed E-state index contributed by atoms with van der Waals surface area (Å²) in [6.07, 6.45) is -0.0845. The molecule has 0 unspecified atom stereocenters. The quantitative estimate of drug-likeness (QED) is 0.737. The number of rotatable bonds is 6. The van der Waals surface area contributed by atoms with Gasteiger partial charge in [0, 0.05) is 30.2 Å². The molecular formula is C22H23ClN2O4. The minimum Gasteiger partial charge on any atom is -0.452 e. The summed E-state index contributed by atoms with van der Waals surface area (Å²) in [4.78, 5) is 38.4. The molecule has 1 heterocycles. The van der Waals surface area contributed by atoms with Gasteiger partial charge < -0.3 is 15.0 Å². The Bertz CT molecular complexity index is 898. The molecule has 2 aromatic rings. The van der Waals surface area contributed by atoms with Crippen molar-refractivity contribution >= 4 is 29.4 Å². The molecule has 0 spiro atoms. The summed E-state index contributed by atoms with van der Waals surface area (Å²) < 4.78 is 5.26. The van der Waals surface area contributed by atoms with Crippen LogP contribution in [-0.4, -0.2) is 41.9 Å². The number of carbonyl (C=O) groups is 3. The minimum atomic E-state index is -0.861. The summed E-state index contributed by atoms with van der Waals surface area (Å²) in [7, 11) is 0. The Morgan fingerprint density at radius 2 is 1.79 bits per heavy atom. The highest BCUT2D eigenvalue weighted by Gasteiger charge is 2.26. The fourth-order valence-corrected chi connectivity index (χ4v) is 3.35. The number of benzene rings is 2. The number of esters is 1. The molecule has 152 valence electrons. The van der Waals surface area contributed by atoms with E-state index in [1.54, 1.807) is 36.1 Å². The number of nitrogens with one attached hydrogen (secondary N) is 1. The SMILES string of the molecule is C[C@@H](OC(=O)CCNC(=O)c1ccc(Cl)cc1)C(=O)N1CCc2ccccc2C1. The lowest BCUT2D eigenvalue weighted by Crippen LogP contribution is -2.42. The van der Waals surface area contributed by atoms with Crippen LogP contribution in [0, 0.1) is 0 Å². The zero-order valence-corrected chi connectivity index (χ0v) is 16.9. The lowest BCUT2D eigenvalue weighted by Gasteiger charge is -2.30. The first-order valence-corrected chi connectivity index (χ1v) is 9.90. The molecular weight excluding hydrogens is 392 g/mol. The van der Waals surface area contributed by atoms with Crippen LogP contribution in [0.3, 0.4) is 0 Å². The summed E-state index contributed by atoms with van der Waals surface area (Å²) in [5, 5.41) is 3.19. The minimum absolute atomic E-state index is 0.0141. The molecule has 0 aromatic heterocycles. The van der Waals surface area contributed by atoms with Gasteiger partial charge in [0.25, 0.3) is 11.8 Å². The molecule has 1 N–H and O–H groups in total. The highest BCUT2D eigenvalue weighted by Crippen LogP contribution is 2.19. The predicted octanol–water partition coefficient (Wildman–Crippen LogP) is 2.98. The van der Waals surface area contributed by atoms with Crippen molar-refractivity contribution in [2.24, 2.45) is 0 Å². The molecule has 1 atom stereocenters. The van der Waals surface area contributed by atoms with Gasteiger partial charge in [-0.05, 0) is 48.7 Å². The molecule has 7 heteroatoms. The summed E-state index contributed by atoms with van der Waals surface area (Å²) in [6, 6.07) is 14.5. The van der Waals surface area contributed by atoms with Crippen molar-refractivity contribution in [1.82, 2.24) is 10.2 Å². The van der Waals surface area contributed by atoms with Crippen LogP contribution < -0.4 is 5.32 Å². The van der Waals surface area contributed by atoms with E-state index in [9.17, 15) is 14.4 Å². The van der Waals surface area contributed by atoms with Gasteiger partial charge >= 0.3 is 5.97 Å². The number of hydrogen-bond donors (Lipinski definition) is 1. The molecule has 0 aliphatic carbocycles. The average Bonchev–Trinajstić information content (AvgIpc) is 2.73. The molecule has 0 fully saturated rings. The first-order chi connectivity index (χ1) is 13.9. The van der Waals surface area contributed by atoms with E-state index in [-0.39, 0.29) is 24.8 Å². The van der Waals surface area contributed by atoms with Gasteiger partial charge in [-0.1, -0.05) is 35.9 Å². The monoisotopic (exact) mass is 414 g/mol. The summed E-state index contributed by atoms with van der Waals surface area (Å²) in [5.74, 6) is -1.04. The van der Waals surface area contributed by atoms with Gasteiger partial charge in [-0.3, -0.25) is 14.4 Å². The molecule has 0 saturated heterocycles. The summed E-state index contributed by atoms with van der Waals surface area (Å²) in [6.45, 7) is 2.83. The Labute approximate surface area is 174 Å². The third-order valence-electron chi connectivity index (χ3n) is 4.82. The molecule has 3 rings (SSSR count). The first-order valence-electron chi connectivity index (χ1n) is 9.53. The lowest BCUT2D eigenvalue weighted by atomic mass is 9.99. The second-order valence-electron chi connectivity index (χ2n) is 6.92. The van der Waals surface area contributed by atoms with Crippen LogP contribution in [0.25, 0.3) is 0 Å². The molecule has 0 radical (unpaired) electrons. The van der Waals surface area contributed by atoms with Crippen molar-refractivity contribution in [2.45, 2.75) is 32.4 Å². The Hall–Kier alpha value is -2.86. The molecule has 29 heavy (non-hydrogen) atoms. The normalized spacial score (nSPS) is 13.9. The molecule has 0 bridgehead atoms. The average molecular weight is 415 g/mol. The van der Waals surface area contributed by atoms with Gasteiger partial charge in [0.15, 0.2) is 6.10 Å². The Morgan fingerprint density at radius 3 is 2.52 bits per heavy atom. The third-order valence-corrected chi connectivity index (χ3v) is 5.07. The molecule has 1 aliphatic rings. The Kier molecular flexibility index (Phi) is 6.88. The topological polar surface area (TPSA) is 75.7 Å². The fraction of sp³-hybridized carbons (Fsp3) is 0.318. The van der Waals surface area contributed by atoms with Crippen molar-refractivity contribution in [1.29, 1.82) is 0 Å². The number of fused-ring (bicyclic) bond motifs is 1. The number of halogens is 1. The van der Waals surface area contributed by atoms with Crippen LogP contribution >= 0.6 is 11.6 Å². The van der Waals surface area contributed by atoms with E-state index < -0.39 is 12.1 Å². The van der Waals surface area contributed by atoms with Crippen molar-refractivity contribution in [3.8, 4) is 0 Å². The van der Waals surface area contributed by atoms with Crippen molar-refractivity contribution in [2.75, 3.05) is 13.1 Å². The van der Waals surface area contributed by atoms with E-state index in [1.165, 1.54) is 5.56 Å². The first kappa shape index (κ1) is 20.9. The summed E-state index contributed by atoms with van der Waals surface area (Å²) in [5.41, 5.74) is 2.82. The van der Waals surface area contributed by atoms with Gasteiger partial charge in [0.2, 0.25) is 0 Å². The van der Waals surface area contributed by atoms with Crippen LogP contribution in [0.1, 0.15) is 34.8 Å². The largest absolute Gasteiger partial charge is 0.452 e. The van der Waals surface area contributed by atoms with Gasteiger partial charge in [0.1, 0.15) is 0 Å². The second kappa shape index (κ2) is 9.56. The Morgan fingerprint density at radius 1 is 1.10 bits per heavy atom. The molecule has 2 amide bonds. The molecule has 2 aromatic carbocycles. The molecule has 0 saturated carbocycles. The van der Waals surface area contributed by atoms with E-state index >= 15 is 0 Å². The smallest absolute Gasteiger partial charge is 0.308 e. The van der Waals surface area contributed by atoms with Crippen LogP contribution in [0.15, 0.2) is 48.5 Å². The molecule has 6 nitrogen and oxygen atoms in total. The zero-order valence-electron chi connectivity index (χ0n) is 16.2. The number of carbonyl (C=O) groups excluding carboxylic acids is 3. The van der Waals surface area contributed by atoms with Gasteiger partial charge in [0.05, 0.1) is 6.42 Å². The summed E-state index contributed by atoms with van der Waals surface area (Å²) >= 11 is 5.79. The molecule has 1 aliphatic heterocycles. The lowest BCUT2D eigenvalue weighted by molar-refractivity contribution is -0.159. The van der Waals surface area contributed by atoms with E-state index in [0.29, 0.717) is 23.7 Å². The third kappa shape index (κ3) is 5.57. The van der Waals surface area contributed by atoms with Crippen molar-refractivity contribution in [3.05, 3.63) is 70.2 Å². The van der Waals surface area contributed by atoms with Crippen molar-refractivity contribution < 1.29 is 19.1 Å². The van der Waals surface area contributed by atoms with E-state index in [1.807, 2.05) is 18.2 Å². The van der Waals surface area contributed by atoms with Crippen LogP contribution in [0.5, 0.6) is 0 Å². The van der Waals surface area contributed by atoms with Crippen molar-refractivity contribution in [3.63, 3.8) is 0 Å². The highest BCUT2D eigenvalue weighted by molar-refractivity contribution is 6.30. The van der Waals surface area contributed by atoms with Gasteiger partial charge in [-0.25, -0.2) is 0 Å². The van der Waals surface area contributed by atoms with E-state index in [0.717, 1.165) is 12.0 Å². The van der Waals surface area contributed by atoms with Crippen LogP contribution in [0.4, 0.5) is 0 Å². The second-order valence-corrected chi connectivity index (χ2v) is 7.36. The maximum atomic E-state index is 12.6. The van der Waals surface area contributed by atoms with Crippen LogP contribution in [0.2, 0.25) is 5.02 Å². The maximum Gasteiger partial charge on any atom is 0.308 e. The predicted molar refractivity (Wildman–Crippen MR) is 110 cm³/mol. The highest BCUT2D eigenvalue weighted by atomic mass is 35.5.